The van der Waals surface area contributed by atoms with Crippen LogP contribution < -0.4 is 10.1 Å². The monoisotopic (exact) mass is 372 g/mol. The SMILES string of the molecule is CCOc1ccc(C(=O)NC23CC4CC(C)(CC(C)(C4)C2)C3)cc1[N+](=O)[O-]. The molecule has 0 heterocycles. The molecule has 0 spiro atoms. The van der Waals surface area contributed by atoms with Crippen LogP contribution >= 0.6 is 0 Å². The van der Waals surface area contributed by atoms with E-state index in [1.54, 1.807) is 13.0 Å². The van der Waals surface area contributed by atoms with Crippen LogP contribution in [0.25, 0.3) is 0 Å². The van der Waals surface area contributed by atoms with E-state index in [0.29, 0.717) is 28.9 Å². The predicted molar refractivity (Wildman–Crippen MR) is 102 cm³/mol. The van der Waals surface area contributed by atoms with Crippen molar-refractivity contribution in [2.45, 2.75) is 64.8 Å². The molecule has 146 valence electrons. The van der Waals surface area contributed by atoms with Crippen molar-refractivity contribution in [1.82, 2.24) is 5.32 Å². The summed E-state index contributed by atoms with van der Waals surface area (Å²) in [5, 5.41) is 14.7. The Kier molecular flexibility index (Phi) is 4.02. The fourth-order valence-electron chi connectivity index (χ4n) is 6.98. The molecule has 4 aliphatic rings. The third kappa shape index (κ3) is 3.19. The largest absolute Gasteiger partial charge is 0.487 e. The van der Waals surface area contributed by atoms with Crippen LogP contribution in [0.5, 0.6) is 5.75 Å². The Labute approximate surface area is 159 Å². The number of carbonyl (C=O) groups is 1. The summed E-state index contributed by atoms with van der Waals surface area (Å²) in [5.41, 5.74) is 0.594. The Morgan fingerprint density at radius 2 is 1.89 bits per heavy atom. The molecule has 27 heavy (non-hydrogen) atoms. The number of amides is 1. The highest BCUT2D eigenvalue weighted by Crippen LogP contribution is 2.66. The van der Waals surface area contributed by atoms with Crippen molar-refractivity contribution in [2.75, 3.05) is 6.61 Å². The van der Waals surface area contributed by atoms with Gasteiger partial charge in [0.15, 0.2) is 5.75 Å². The average molecular weight is 372 g/mol. The van der Waals surface area contributed by atoms with Crippen LogP contribution in [0.2, 0.25) is 0 Å². The Bertz CT molecular complexity index is 787. The molecule has 5 rings (SSSR count). The Balaban J connectivity index is 1.59. The number of rotatable bonds is 5. The van der Waals surface area contributed by atoms with Gasteiger partial charge in [-0.05, 0) is 74.3 Å². The molecule has 4 aliphatic carbocycles. The summed E-state index contributed by atoms with van der Waals surface area (Å²) in [6.07, 6.45) is 6.81. The first-order chi connectivity index (χ1) is 12.6. The molecule has 2 unspecified atom stereocenters. The fourth-order valence-corrected chi connectivity index (χ4v) is 6.98. The predicted octanol–water partition coefficient (Wildman–Crippen LogP) is 4.47. The topological polar surface area (TPSA) is 81.5 Å². The van der Waals surface area contributed by atoms with Crippen molar-refractivity contribution in [3.63, 3.8) is 0 Å². The molecular weight excluding hydrogens is 344 g/mol. The molecule has 6 heteroatoms. The van der Waals surface area contributed by atoms with E-state index in [2.05, 4.69) is 19.2 Å². The standard InChI is InChI=1S/C21H28N2O4/c1-4-27-17-6-5-15(7-16(17)23(25)26)18(24)22-21-10-14-8-19(2,12-21)11-20(3,9-14)13-21/h5-7,14H,4,8-13H2,1-3H3,(H,22,24). The van der Waals surface area contributed by atoms with Crippen LogP contribution in [0.15, 0.2) is 18.2 Å². The van der Waals surface area contributed by atoms with E-state index < -0.39 is 4.92 Å². The fraction of sp³-hybridized carbons (Fsp3) is 0.667. The Morgan fingerprint density at radius 3 is 2.44 bits per heavy atom. The summed E-state index contributed by atoms with van der Waals surface area (Å²) in [5.74, 6) is 0.662. The molecule has 1 aromatic rings. The van der Waals surface area contributed by atoms with Gasteiger partial charge in [-0.25, -0.2) is 0 Å². The highest BCUT2D eigenvalue weighted by molar-refractivity contribution is 5.95. The maximum Gasteiger partial charge on any atom is 0.311 e. The molecule has 0 aromatic heterocycles. The molecular formula is C21H28N2O4. The van der Waals surface area contributed by atoms with Gasteiger partial charge in [0.2, 0.25) is 0 Å². The minimum absolute atomic E-state index is 0.158. The number of nitrogens with zero attached hydrogens (tertiary/aromatic N) is 1. The number of benzene rings is 1. The van der Waals surface area contributed by atoms with Gasteiger partial charge < -0.3 is 10.1 Å². The minimum atomic E-state index is -0.491. The van der Waals surface area contributed by atoms with Crippen molar-refractivity contribution in [1.29, 1.82) is 0 Å². The van der Waals surface area contributed by atoms with Crippen LogP contribution in [-0.2, 0) is 0 Å². The zero-order chi connectivity index (χ0) is 19.4. The smallest absolute Gasteiger partial charge is 0.311 e. The van der Waals surface area contributed by atoms with E-state index >= 15 is 0 Å². The van der Waals surface area contributed by atoms with E-state index in [-0.39, 0.29) is 22.9 Å². The number of hydrogen-bond acceptors (Lipinski definition) is 4. The maximum absolute atomic E-state index is 13.0. The Morgan fingerprint density at radius 1 is 1.22 bits per heavy atom. The molecule has 2 atom stereocenters. The van der Waals surface area contributed by atoms with Crippen LogP contribution in [-0.4, -0.2) is 23.0 Å². The number of carbonyl (C=O) groups excluding carboxylic acids is 1. The van der Waals surface area contributed by atoms with E-state index in [9.17, 15) is 14.9 Å². The quantitative estimate of drug-likeness (QED) is 0.611. The van der Waals surface area contributed by atoms with Gasteiger partial charge in [-0.1, -0.05) is 13.8 Å². The molecule has 0 aliphatic heterocycles. The minimum Gasteiger partial charge on any atom is -0.487 e. The van der Waals surface area contributed by atoms with Gasteiger partial charge in [-0.15, -0.1) is 0 Å². The van der Waals surface area contributed by atoms with Crippen molar-refractivity contribution >= 4 is 11.6 Å². The first kappa shape index (κ1) is 18.3. The summed E-state index contributed by atoms with van der Waals surface area (Å²) < 4.78 is 5.32. The van der Waals surface area contributed by atoms with E-state index in [0.717, 1.165) is 19.3 Å². The molecule has 4 fully saturated rings. The third-order valence-corrected chi connectivity index (χ3v) is 6.72. The lowest BCUT2D eigenvalue weighted by Gasteiger charge is -2.65. The van der Waals surface area contributed by atoms with E-state index in [1.807, 2.05) is 0 Å². The zero-order valence-corrected chi connectivity index (χ0v) is 16.3. The number of nitro groups is 1. The number of nitrogens with one attached hydrogen (secondary N) is 1. The summed E-state index contributed by atoms with van der Waals surface area (Å²) >= 11 is 0. The first-order valence-electron chi connectivity index (χ1n) is 9.89. The number of ether oxygens (including phenoxy) is 1. The lowest BCUT2D eigenvalue weighted by Crippen LogP contribution is -2.65. The second-order valence-electron chi connectivity index (χ2n) is 9.74. The molecule has 0 saturated heterocycles. The molecule has 1 amide bonds. The van der Waals surface area contributed by atoms with Crippen LogP contribution in [0, 0.1) is 26.9 Å². The molecule has 4 bridgehead atoms. The van der Waals surface area contributed by atoms with Crippen molar-refractivity contribution in [3.05, 3.63) is 33.9 Å². The van der Waals surface area contributed by atoms with Crippen molar-refractivity contribution < 1.29 is 14.5 Å². The molecule has 0 radical (unpaired) electrons. The number of hydrogen-bond donors (Lipinski definition) is 1. The second-order valence-corrected chi connectivity index (χ2v) is 9.74. The lowest BCUT2D eigenvalue weighted by molar-refractivity contribution is -0.385. The normalized spacial score (nSPS) is 36.5. The van der Waals surface area contributed by atoms with Gasteiger partial charge in [-0.3, -0.25) is 14.9 Å². The first-order valence-corrected chi connectivity index (χ1v) is 9.89. The molecule has 1 aromatic carbocycles. The van der Waals surface area contributed by atoms with Crippen LogP contribution in [0.3, 0.4) is 0 Å². The van der Waals surface area contributed by atoms with Gasteiger partial charge in [0.25, 0.3) is 5.91 Å². The van der Waals surface area contributed by atoms with Gasteiger partial charge in [0.1, 0.15) is 0 Å². The highest BCUT2D eigenvalue weighted by Gasteiger charge is 2.60. The molecule has 1 N–H and O–H groups in total. The van der Waals surface area contributed by atoms with Crippen molar-refractivity contribution in [3.8, 4) is 5.75 Å². The van der Waals surface area contributed by atoms with Crippen LogP contribution in [0.4, 0.5) is 5.69 Å². The maximum atomic E-state index is 13.0. The number of nitro benzene ring substituents is 1. The van der Waals surface area contributed by atoms with Gasteiger partial charge >= 0.3 is 5.69 Å². The lowest BCUT2D eigenvalue weighted by atomic mass is 9.43. The van der Waals surface area contributed by atoms with E-state index in [1.165, 1.54) is 31.4 Å². The second kappa shape index (κ2) is 5.94. The summed E-state index contributed by atoms with van der Waals surface area (Å²) in [7, 11) is 0. The summed E-state index contributed by atoms with van der Waals surface area (Å²) in [6, 6.07) is 4.49. The zero-order valence-electron chi connectivity index (χ0n) is 16.3. The molecule has 4 saturated carbocycles. The Hall–Kier alpha value is -2.11. The third-order valence-electron chi connectivity index (χ3n) is 6.72. The summed E-state index contributed by atoms with van der Waals surface area (Å²) in [4.78, 5) is 23.9. The van der Waals surface area contributed by atoms with Gasteiger partial charge in [0.05, 0.1) is 11.5 Å². The van der Waals surface area contributed by atoms with Gasteiger partial charge in [0, 0.05) is 17.2 Å². The average Bonchev–Trinajstić information content (AvgIpc) is 2.51. The van der Waals surface area contributed by atoms with E-state index in [4.69, 9.17) is 4.74 Å². The van der Waals surface area contributed by atoms with Crippen molar-refractivity contribution in [2.24, 2.45) is 16.7 Å². The summed E-state index contributed by atoms with van der Waals surface area (Å²) in [6.45, 7) is 6.84. The van der Waals surface area contributed by atoms with Crippen LogP contribution in [0.1, 0.15) is 69.7 Å². The molecule has 6 nitrogen and oxygen atoms in total. The van der Waals surface area contributed by atoms with Gasteiger partial charge in [-0.2, -0.15) is 0 Å². The highest BCUT2D eigenvalue weighted by atomic mass is 16.6.